The molecule has 0 saturated carbocycles. The monoisotopic (exact) mass is 595 g/mol. The number of hydrogen-bond donors (Lipinski definition) is 0. The Morgan fingerprint density at radius 3 is 2.46 bits per heavy atom. The quantitative estimate of drug-likeness (QED) is 0.137. The molecule has 190 valence electrons. The van der Waals surface area contributed by atoms with Crippen molar-refractivity contribution in [2.24, 2.45) is 0 Å². The van der Waals surface area contributed by atoms with E-state index in [4.69, 9.17) is 26.4 Å². The average Bonchev–Trinajstić information content (AvgIpc) is 3.17. The van der Waals surface area contributed by atoms with Crippen LogP contribution in [0, 0.1) is 0 Å². The lowest BCUT2D eigenvalue weighted by molar-refractivity contribution is -0.113. The Morgan fingerprint density at radius 2 is 1.81 bits per heavy atom. The summed E-state index contributed by atoms with van der Waals surface area (Å²) in [6.07, 6.45) is 4.23. The number of halogens is 1. The maximum atomic E-state index is 13.3. The second kappa shape index (κ2) is 12.4. The maximum Gasteiger partial charge on any atom is 0.270 e. The fourth-order valence-corrected chi connectivity index (χ4v) is 5.39. The van der Waals surface area contributed by atoms with Crippen molar-refractivity contribution < 1.29 is 19.0 Å². The van der Waals surface area contributed by atoms with Crippen molar-refractivity contribution in [1.29, 1.82) is 0 Å². The highest BCUT2D eigenvalue weighted by Gasteiger charge is 2.33. The van der Waals surface area contributed by atoms with E-state index in [0.717, 1.165) is 26.9 Å². The summed E-state index contributed by atoms with van der Waals surface area (Å²) in [5.41, 5.74) is 3.48. The fraction of sp³-hybridized carbons (Fsp3) is 0.172. The molecule has 0 aromatic heterocycles. The van der Waals surface area contributed by atoms with Gasteiger partial charge in [0.25, 0.3) is 5.91 Å². The van der Waals surface area contributed by atoms with Crippen LogP contribution >= 0.6 is 39.9 Å². The van der Waals surface area contributed by atoms with Crippen LogP contribution in [0.4, 0.5) is 5.69 Å². The van der Waals surface area contributed by atoms with Crippen LogP contribution in [0.5, 0.6) is 17.2 Å². The number of benzene rings is 3. The molecule has 1 amide bonds. The summed E-state index contributed by atoms with van der Waals surface area (Å²) >= 11 is 10.3. The molecule has 0 atom stereocenters. The summed E-state index contributed by atoms with van der Waals surface area (Å²) in [4.78, 5) is 15.4. The van der Waals surface area contributed by atoms with Crippen LogP contribution in [0.15, 0.2) is 82.7 Å². The van der Waals surface area contributed by atoms with Gasteiger partial charge in [0.2, 0.25) is 0 Å². The summed E-state index contributed by atoms with van der Waals surface area (Å²) < 4.78 is 18.9. The van der Waals surface area contributed by atoms with Gasteiger partial charge in [-0.15, -0.1) is 6.58 Å². The highest BCUT2D eigenvalue weighted by molar-refractivity contribution is 9.10. The Morgan fingerprint density at radius 1 is 1.08 bits per heavy atom. The molecule has 1 saturated heterocycles. The van der Waals surface area contributed by atoms with E-state index in [1.807, 2.05) is 79.7 Å². The van der Waals surface area contributed by atoms with Crippen molar-refractivity contribution in [2.45, 2.75) is 20.0 Å². The average molecular weight is 597 g/mol. The van der Waals surface area contributed by atoms with Crippen molar-refractivity contribution in [2.75, 3.05) is 18.6 Å². The van der Waals surface area contributed by atoms with Gasteiger partial charge in [0, 0.05) is 10.0 Å². The van der Waals surface area contributed by atoms with E-state index in [1.54, 1.807) is 12.0 Å². The molecule has 0 unspecified atom stereocenters. The molecule has 1 fully saturated rings. The highest BCUT2D eigenvalue weighted by atomic mass is 79.9. The van der Waals surface area contributed by atoms with Gasteiger partial charge in [0.15, 0.2) is 15.8 Å². The van der Waals surface area contributed by atoms with Gasteiger partial charge in [-0.2, -0.15) is 0 Å². The molecule has 1 aliphatic rings. The summed E-state index contributed by atoms with van der Waals surface area (Å²) in [7, 11) is 1.61. The van der Waals surface area contributed by atoms with Gasteiger partial charge in [0.05, 0.1) is 24.3 Å². The molecule has 8 heteroatoms. The van der Waals surface area contributed by atoms with Crippen molar-refractivity contribution in [3.05, 3.63) is 99.4 Å². The van der Waals surface area contributed by atoms with Crippen LogP contribution in [0.1, 0.15) is 23.6 Å². The number of carbonyl (C=O) groups is 1. The van der Waals surface area contributed by atoms with Gasteiger partial charge in [-0.1, -0.05) is 58.1 Å². The Balaban J connectivity index is 1.60. The minimum Gasteiger partial charge on any atom is -0.494 e. The number of methoxy groups -OCH3 is 1. The Labute approximate surface area is 235 Å². The van der Waals surface area contributed by atoms with E-state index in [-0.39, 0.29) is 5.91 Å². The zero-order valence-corrected chi connectivity index (χ0v) is 23.8. The number of thiocarbonyl (C=S) groups is 1. The normalized spacial score (nSPS) is 14.2. The molecule has 0 aliphatic carbocycles. The summed E-state index contributed by atoms with van der Waals surface area (Å²) in [5.74, 6) is 1.82. The number of allylic oxidation sites excluding steroid dienone is 1. The van der Waals surface area contributed by atoms with Gasteiger partial charge < -0.3 is 14.2 Å². The van der Waals surface area contributed by atoms with Crippen LogP contribution in [-0.2, 0) is 17.8 Å². The van der Waals surface area contributed by atoms with Crippen LogP contribution in [0.25, 0.3) is 6.08 Å². The van der Waals surface area contributed by atoms with E-state index in [1.165, 1.54) is 11.8 Å². The third kappa shape index (κ3) is 6.44. The molecule has 0 bridgehead atoms. The molecule has 3 aromatic carbocycles. The molecular weight excluding hydrogens is 570 g/mol. The lowest BCUT2D eigenvalue weighted by Gasteiger charge is -2.16. The van der Waals surface area contributed by atoms with Crippen LogP contribution < -0.4 is 19.1 Å². The van der Waals surface area contributed by atoms with Gasteiger partial charge >= 0.3 is 0 Å². The minimum absolute atomic E-state index is 0.168. The zero-order valence-electron chi connectivity index (χ0n) is 20.5. The van der Waals surface area contributed by atoms with E-state index < -0.39 is 0 Å². The first-order valence-corrected chi connectivity index (χ1v) is 13.6. The van der Waals surface area contributed by atoms with E-state index >= 15 is 0 Å². The SMILES string of the molecule is C=CCc1cc(/C=C2\SC(=S)N(c3ccc(OCC)cc3)C2=O)cc(OC)c1OCc1ccc(Br)cc1. The van der Waals surface area contributed by atoms with E-state index in [9.17, 15) is 4.79 Å². The van der Waals surface area contributed by atoms with Crippen molar-refractivity contribution in [3.8, 4) is 17.2 Å². The summed E-state index contributed by atoms with van der Waals surface area (Å²) in [6.45, 7) is 6.79. The molecule has 1 aliphatic heterocycles. The third-order valence-corrected chi connectivity index (χ3v) is 7.36. The molecule has 0 radical (unpaired) electrons. The number of thioether (sulfide) groups is 1. The number of hydrogen-bond acceptors (Lipinski definition) is 6. The zero-order chi connectivity index (χ0) is 26.4. The molecule has 1 heterocycles. The van der Waals surface area contributed by atoms with Crippen LogP contribution in [-0.4, -0.2) is 23.9 Å². The number of rotatable bonds is 10. The number of anilines is 1. The first-order valence-electron chi connectivity index (χ1n) is 11.6. The van der Waals surface area contributed by atoms with Crippen molar-refractivity contribution in [3.63, 3.8) is 0 Å². The Hall–Kier alpha value is -3.07. The predicted molar refractivity (Wildman–Crippen MR) is 159 cm³/mol. The smallest absolute Gasteiger partial charge is 0.270 e. The number of nitrogens with zero attached hydrogens (tertiary/aromatic N) is 1. The molecule has 0 spiro atoms. The maximum absolute atomic E-state index is 13.3. The standard InChI is InChI=1S/C29H26BrNO4S2/c1-4-6-21-15-20(16-25(33-3)27(21)35-18-19-7-9-22(30)10-8-19)17-26-28(32)31(29(36)37-26)23-11-13-24(14-12-23)34-5-2/h4,7-17H,1,5-6,18H2,2-3H3/b26-17-. The van der Waals surface area contributed by atoms with Gasteiger partial charge in [0.1, 0.15) is 12.4 Å². The number of ether oxygens (including phenoxy) is 3. The summed E-state index contributed by atoms with van der Waals surface area (Å²) in [6, 6.07) is 19.2. The van der Waals surface area contributed by atoms with Crippen LogP contribution in [0.3, 0.4) is 0 Å². The van der Waals surface area contributed by atoms with Crippen LogP contribution in [0.2, 0.25) is 0 Å². The second-order valence-electron chi connectivity index (χ2n) is 8.06. The van der Waals surface area contributed by atoms with Crippen molar-refractivity contribution >= 4 is 61.9 Å². The molecule has 3 aromatic rings. The topological polar surface area (TPSA) is 48.0 Å². The van der Waals surface area contributed by atoms with Crippen molar-refractivity contribution in [1.82, 2.24) is 0 Å². The predicted octanol–water partition coefficient (Wildman–Crippen LogP) is 7.57. The second-order valence-corrected chi connectivity index (χ2v) is 10.7. The fourth-order valence-electron chi connectivity index (χ4n) is 3.83. The number of amides is 1. The van der Waals surface area contributed by atoms with Gasteiger partial charge in [-0.25, -0.2) is 0 Å². The lowest BCUT2D eigenvalue weighted by Crippen LogP contribution is -2.27. The van der Waals surface area contributed by atoms with E-state index in [0.29, 0.717) is 46.0 Å². The Kier molecular flexibility index (Phi) is 9.08. The molecule has 37 heavy (non-hydrogen) atoms. The first kappa shape index (κ1) is 27.0. The minimum atomic E-state index is -0.168. The third-order valence-electron chi connectivity index (χ3n) is 5.53. The summed E-state index contributed by atoms with van der Waals surface area (Å²) in [5, 5.41) is 0. The first-order chi connectivity index (χ1) is 17.9. The number of carbonyl (C=O) groups excluding carboxylic acids is 1. The molecule has 4 rings (SSSR count). The molecule has 5 nitrogen and oxygen atoms in total. The van der Waals surface area contributed by atoms with Gasteiger partial charge in [-0.05, 0) is 79.1 Å². The lowest BCUT2D eigenvalue weighted by atomic mass is 10.0. The molecular formula is C29H26BrNO4S2. The molecule has 0 N–H and O–H groups in total. The largest absolute Gasteiger partial charge is 0.494 e. The van der Waals surface area contributed by atoms with Gasteiger partial charge in [-0.3, -0.25) is 9.69 Å². The van der Waals surface area contributed by atoms with E-state index in [2.05, 4.69) is 22.5 Å². The highest BCUT2D eigenvalue weighted by Crippen LogP contribution is 2.39. The Bertz CT molecular complexity index is 1340.